The van der Waals surface area contributed by atoms with Crippen molar-refractivity contribution in [3.63, 3.8) is 0 Å². The van der Waals surface area contributed by atoms with E-state index in [-0.39, 0.29) is 0 Å². The molecule has 96 valence electrons. The molecule has 0 aromatic carbocycles. The largest absolute Gasteiger partial charge is 0.317 e. The molecule has 0 bridgehead atoms. The number of piperidine rings is 1. The molecule has 0 amide bonds. The molecule has 0 unspecified atom stereocenters. The lowest BCUT2D eigenvalue weighted by atomic mass is 10.1. The van der Waals surface area contributed by atoms with Crippen LogP contribution < -0.4 is 10.0 Å². The number of hydrogen-bond donors (Lipinski definition) is 2. The summed E-state index contributed by atoms with van der Waals surface area (Å²) in [5, 5.41) is 3.18. The van der Waals surface area contributed by atoms with E-state index in [1.165, 1.54) is 0 Å². The molecule has 1 rings (SSSR count). The molecule has 0 aromatic heterocycles. The lowest BCUT2D eigenvalue weighted by molar-refractivity contribution is 0.295. The van der Waals surface area contributed by atoms with Gasteiger partial charge in [0.05, 0.1) is 0 Å². The fraction of sp³-hybridized carbons (Fsp3) is 1.00. The van der Waals surface area contributed by atoms with Crippen molar-refractivity contribution in [1.82, 2.24) is 14.3 Å². The lowest BCUT2D eigenvalue weighted by Crippen LogP contribution is -2.48. The summed E-state index contributed by atoms with van der Waals surface area (Å²) in [5.41, 5.74) is 0. The zero-order chi connectivity index (χ0) is 12.2. The third-order valence-electron chi connectivity index (χ3n) is 2.88. The van der Waals surface area contributed by atoms with E-state index in [2.05, 4.69) is 10.0 Å². The van der Waals surface area contributed by atoms with Crippen LogP contribution in [0.25, 0.3) is 0 Å². The number of hydrogen-bond acceptors (Lipinski definition) is 3. The Morgan fingerprint density at radius 3 is 2.31 bits per heavy atom. The molecular weight excluding hydrogens is 226 g/mol. The summed E-state index contributed by atoms with van der Waals surface area (Å²) in [6.45, 7) is 5.72. The first-order valence-electron chi connectivity index (χ1n) is 5.87. The Hall–Kier alpha value is -0.170. The molecule has 1 aliphatic rings. The maximum absolute atomic E-state index is 11.9. The number of nitrogens with one attached hydrogen (secondary N) is 2. The maximum atomic E-state index is 11.9. The van der Waals surface area contributed by atoms with Gasteiger partial charge in [-0.1, -0.05) is 13.8 Å². The standard InChI is InChI=1S/C10H23N3O2S/c1-9(2)8-12-16(14,15)13-6-4-10(11-3)5-7-13/h9-12H,4-8H2,1-3H3. The molecule has 0 aliphatic carbocycles. The molecule has 0 saturated carbocycles. The smallest absolute Gasteiger partial charge is 0.279 e. The van der Waals surface area contributed by atoms with Gasteiger partial charge < -0.3 is 5.32 Å². The zero-order valence-electron chi connectivity index (χ0n) is 10.4. The summed E-state index contributed by atoms with van der Waals surface area (Å²) < 4.78 is 27.9. The van der Waals surface area contributed by atoms with Crippen molar-refractivity contribution in [3.8, 4) is 0 Å². The van der Waals surface area contributed by atoms with Gasteiger partial charge in [-0.2, -0.15) is 12.7 Å². The third kappa shape index (κ3) is 4.01. The Kier molecular flexibility index (Phi) is 5.17. The summed E-state index contributed by atoms with van der Waals surface area (Å²) in [7, 11) is -1.33. The first-order valence-corrected chi connectivity index (χ1v) is 7.31. The van der Waals surface area contributed by atoms with Crippen LogP contribution in [0.15, 0.2) is 0 Å². The minimum absolute atomic E-state index is 0.338. The topological polar surface area (TPSA) is 61.4 Å². The monoisotopic (exact) mass is 249 g/mol. The van der Waals surface area contributed by atoms with Crippen molar-refractivity contribution in [2.45, 2.75) is 32.7 Å². The Balaban J connectivity index is 2.45. The van der Waals surface area contributed by atoms with E-state index in [4.69, 9.17) is 0 Å². The molecule has 0 radical (unpaired) electrons. The maximum Gasteiger partial charge on any atom is 0.279 e. The van der Waals surface area contributed by atoms with Crippen LogP contribution in [0.4, 0.5) is 0 Å². The van der Waals surface area contributed by atoms with E-state index in [0.29, 0.717) is 31.6 Å². The van der Waals surface area contributed by atoms with Gasteiger partial charge >= 0.3 is 0 Å². The van der Waals surface area contributed by atoms with Crippen LogP contribution in [0, 0.1) is 5.92 Å². The van der Waals surface area contributed by atoms with Crippen molar-refractivity contribution in [1.29, 1.82) is 0 Å². The fourth-order valence-electron chi connectivity index (χ4n) is 1.75. The molecule has 1 aliphatic heterocycles. The first-order chi connectivity index (χ1) is 7.45. The molecule has 6 heteroatoms. The van der Waals surface area contributed by atoms with Gasteiger partial charge in [0.25, 0.3) is 10.2 Å². The van der Waals surface area contributed by atoms with Crippen molar-refractivity contribution >= 4 is 10.2 Å². The highest BCUT2D eigenvalue weighted by atomic mass is 32.2. The van der Waals surface area contributed by atoms with E-state index >= 15 is 0 Å². The van der Waals surface area contributed by atoms with Crippen LogP contribution in [-0.2, 0) is 10.2 Å². The van der Waals surface area contributed by atoms with Crippen LogP contribution in [-0.4, -0.2) is 45.4 Å². The Morgan fingerprint density at radius 1 is 1.31 bits per heavy atom. The van der Waals surface area contributed by atoms with Crippen LogP contribution >= 0.6 is 0 Å². The molecular formula is C10H23N3O2S. The Labute approximate surface area is 98.8 Å². The van der Waals surface area contributed by atoms with Gasteiger partial charge in [-0.25, -0.2) is 4.72 Å². The molecule has 1 fully saturated rings. The van der Waals surface area contributed by atoms with Crippen LogP contribution in [0.3, 0.4) is 0 Å². The minimum Gasteiger partial charge on any atom is -0.317 e. The SMILES string of the molecule is CNC1CCN(S(=O)(=O)NCC(C)C)CC1. The molecule has 1 heterocycles. The predicted octanol–water partition coefficient (Wildman–Crippen LogP) is 0.161. The highest BCUT2D eigenvalue weighted by Crippen LogP contribution is 2.12. The van der Waals surface area contributed by atoms with Gasteiger partial charge in [0.1, 0.15) is 0 Å². The molecule has 1 saturated heterocycles. The minimum atomic E-state index is -3.25. The summed E-state index contributed by atoms with van der Waals surface area (Å²) in [6, 6.07) is 0.455. The van der Waals surface area contributed by atoms with Gasteiger partial charge in [0, 0.05) is 25.7 Å². The molecule has 0 aromatic rings. The highest BCUT2D eigenvalue weighted by Gasteiger charge is 2.26. The first kappa shape index (κ1) is 13.9. The number of rotatable bonds is 5. The van der Waals surface area contributed by atoms with Crippen LogP contribution in [0.2, 0.25) is 0 Å². The average molecular weight is 249 g/mol. The Morgan fingerprint density at radius 2 is 1.88 bits per heavy atom. The highest BCUT2D eigenvalue weighted by molar-refractivity contribution is 7.87. The van der Waals surface area contributed by atoms with Gasteiger partial charge in [0.15, 0.2) is 0 Å². The van der Waals surface area contributed by atoms with E-state index in [0.717, 1.165) is 12.8 Å². The molecule has 0 spiro atoms. The van der Waals surface area contributed by atoms with Gasteiger partial charge in [-0.05, 0) is 25.8 Å². The van der Waals surface area contributed by atoms with Gasteiger partial charge in [0.2, 0.25) is 0 Å². The van der Waals surface area contributed by atoms with Crippen molar-refractivity contribution < 1.29 is 8.42 Å². The molecule has 0 atom stereocenters. The fourth-order valence-corrected chi connectivity index (χ4v) is 3.17. The van der Waals surface area contributed by atoms with Crippen molar-refractivity contribution in [2.24, 2.45) is 5.92 Å². The van der Waals surface area contributed by atoms with Gasteiger partial charge in [-0.15, -0.1) is 0 Å². The molecule has 5 nitrogen and oxygen atoms in total. The zero-order valence-corrected chi connectivity index (χ0v) is 11.2. The summed E-state index contributed by atoms with van der Waals surface area (Å²) in [4.78, 5) is 0. The summed E-state index contributed by atoms with van der Waals surface area (Å²) in [5.74, 6) is 0.338. The van der Waals surface area contributed by atoms with Crippen molar-refractivity contribution in [3.05, 3.63) is 0 Å². The van der Waals surface area contributed by atoms with Crippen molar-refractivity contribution in [2.75, 3.05) is 26.7 Å². The second kappa shape index (κ2) is 5.95. The second-order valence-corrected chi connectivity index (χ2v) is 6.46. The molecule has 16 heavy (non-hydrogen) atoms. The lowest BCUT2D eigenvalue weighted by Gasteiger charge is -2.31. The summed E-state index contributed by atoms with van der Waals surface area (Å²) >= 11 is 0. The van der Waals surface area contributed by atoms with E-state index in [1.807, 2.05) is 20.9 Å². The second-order valence-electron chi connectivity index (χ2n) is 4.71. The molecule has 2 N–H and O–H groups in total. The van der Waals surface area contributed by atoms with E-state index in [1.54, 1.807) is 4.31 Å². The summed E-state index contributed by atoms with van der Waals surface area (Å²) in [6.07, 6.45) is 1.78. The number of nitrogens with zero attached hydrogens (tertiary/aromatic N) is 1. The predicted molar refractivity (Wildman–Crippen MR) is 65.4 cm³/mol. The van der Waals surface area contributed by atoms with Gasteiger partial charge in [-0.3, -0.25) is 0 Å². The third-order valence-corrected chi connectivity index (χ3v) is 4.45. The Bertz CT molecular complexity index is 295. The normalized spacial score (nSPS) is 20.5. The quantitative estimate of drug-likeness (QED) is 0.730. The van der Waals surface area contributed by atoms with Crippen LogP contribution in [0.5, 0.6) is 0 Å². The van der Waals surface area contributed by atoms with Crippen LogP contribution in [0.1, 0.15) is 26.7 Å². The average Bonchev–Trinajstić information content (AvgIpc) is 2.27. The van der Waals surface area contributed by atoms with E-state index in [9.17, 15) is 8.42 Å². The van der Waals surface area contributed by atoms with E-state index < -0.39 is 10.2 Å².